The first-order valence-electron chi connectivity index (χ1n) is 11.5. The highest BCUT2D eigenvalue weighted by molar-refractivity contribution is 7.20. The number of aromatic nitrogens is 3. The number of hydrogen-bond donors (Lipinski definition) is 0. The van der Waals surface area contributed by atoms with Crippen LogP contribution in [0.1, 0.15) is 26.6 Å². The highest BCUT2D eigenvalue weighted by Gasteiger charge is 2.26. The van der Waals surface area contributed by atoms with Crippen LogP contribution in [0.4, 0.5) is 11.6 Å². The van der Waals surface area contributed by atoms with Gasteiger partial charge in [0, 0.05) is 46.0 Å². The second kappa shape index (κ2) is 9.38. The van der Waals surface area contributed by atoms with Crippen LogP contribution in [0.5, 0.6) is 0 Å². The first-order valence-corrected chi connectivity index (χ1v) is 12.3. The third-order valence-electron chi connectivity index (χ3n) is 6.24. The van der Waals surface area contributed by atoms with Crippen LogP contribution in [-0.2, 0) is 6.54 Å². The van der Waals surface area contributed by atoms with Crippen LogP contribution >= 0.6 is 11.3 Å². The number of pyridine rings is 1. The summed E-state index contributed by atoms with van der Waals surface area (Å²) in [6, 6.07) is 16.1. The zero-order chi connectivity index (χ0) is 23.7. The Kier molecular flexibility index (Phi) is 6.15. The van der Waals surface area contributed by atoms with Crippen LogP contribution in [0.15, 0.2) is 54.7 Å². The van der Waals surface area contributed by atoms with Gasteiger partial charge in [0.25, 0.3) is 5.91 Å². The summed E-state index contributed by atoms with van der Waals surface area (Å²) >= 11 is 1.47. The molecule has 1 saturated heterocycles. The molecule has 7 nitrogen and oxygen atoms in total. The zero-order valence-electron chi connectivity index (χ0n) is 19.7. The number of hydrogen-bond acceptors (Lipinski definition) is 7. The Labute approximate surface area is 203 Å². The normalized spacial score (nSPS) is 14.0. The molecular formula is C26H28N6OS. The van der Waals surface area contributed by atoms with E-state index in [4.69, 9.17) is 9.97 Å². The minimum atomic E-state index is 0.0212. The topological polar surface area (TPSA) is 65.5 Å². The Morgan fingerprint density at radius 3 is 2.38 bits per heavy atom. The maximum absolute atomic E-state index is 13.4. The maximum Gasteiger partial charge on any atom is 0.264 e. The molecule has 4 heterocycles. The number of fused-ring (bicyclic) bond motifs is 1. The summed E-state index contributed by atoms with van der Waals surface area (Å²) < 4.78 is 0. The molecule has 1 aliphatic rings. The van der Waals surface area contributed by atoms with Gasteiger partial charge in [-0.25, -0.2) is 15.0 Å². The van der Waals surface area contributed by atoms with E-state index < -0.39 is 0 Å². The number of amides is 1. The van der Waals surface area contributed by atoms with Crippen molar-refractivity contribution in [3.8, 4) is 0 Å². The molecule has 0 spiro atoms. The molecule has 0 N–H and O–H groups in total. The van der Waals surface area contributed by atoms with Gasteiger partial charge in [-0.15, -0.1) is 11.3 Å². The van der Waals surface area contributed by atoms with E-state index in [0.717, 1.165) is 69.9 Å². The van der Waals surface area contributed by atoms with Crippen LogP contribution in [0.25, 0.3) is 10.2 Å². The maximum atomic E-state index is 13.4. The van der Waals surface area contributed by atoms with E-state index in [1.165, 1.54) is 11.3 Å². The van der Waals surface area contributed by atoms with Crippen molar-refractivity contribution in [2.75, 3.05) is 43.0 Å². The quantitative estimate of drug-likeness (QED) is 0.431. The van der Waals surface area contributed by atoms with Crippen LogP contribution in [0, 0.1) is 13.8 Å². The molecule has 34 heavy (non-hydrogen) atoms. The largest absolute Gasteiger partial charge is 0.353 e. The van der Waals surface area contributed by atoms with Gasteiger partial charge in [0.1, 0.15) is 22.3 Å². The van der Waals surface area contributed by atoms with E-state index in [1.807, 2.05) is 69.6 Å². The first-order chi connectivity index (χ1) is 16.5. The molecule has 0 bridgehead atoms. The number of benzene rings is 1. The number of aryl methyl sites for hydroxylation is 2. The van der Waals surface area contributed by atoms with Gasteiger partial charge in [-0.1, -0.05) is 36.4 Å². The lowest BCUT2D eigenvalue weighted by Gasteiger charge is -2.36. The summed E-state index contributed by atoms with van der Waals surface area (Å²) in [5, 5.41) is 0.998. The van der Waals surface area contributed by atoms with Gasteiger partial charge >= 0.3 is 0 Å². The lowest BCUT2D eigenvalue weighted by molar-refractivity contribution is 0.0789. The van der Waals surface area contributed by atoms with Crippen molar-refractivity contribution >= 4 is 39.1 Å². The van der Waals surface area contributed by atoms with E-state index in [1.54, 1.807) is 4.90 Å². The van der Waals surface area contributed by atoms with Gasteiger partial charge in [-0.05, 0) is 37.1 Å². The molecule has 1 fully saturated rings. The third kappa shape index (κ3) is 4.33. The number of anilines is 2. The third-order valence-corrected chi connectivity index (χ3v) is 7.41. The van der Waals surface area contributed by atoms with Gasteiger partial charge in [-0.2, -0.15) is 0 Å². The average molecular weight is 473 g/mol. The predicted octanol–water partition coefficient (Wildman–Crippen LogP) is 4.30. The molecule has 8 heteroatoms. The van der Waals surface area contributed by atoms with E-state index in [-0.39, 0.29) is 5.91 Å². The molecule has 0 atom stereocenters. The summed E-state index contributed by atoms with van der Waals surface area (Å²) in [4.78, 5) is 35.4. The average Bonchev–Trinajstić information content (AvgIpc) is 3.20. The number of carbonyl (C=O) groups excluding carboxylic acids is 1. The SMILES string of the molecule is Cc1nc(N2CCN(c3ccccn3)CC2)c2c(C)c(C(=O)N(C)Cc3ccccc3)sc2n1. The van der Waals surface area contributed by atoms with E-state index >= 15 is 0 Å². The molecule has 1 aromatic carbocycles. The standard InChI is InChI=1S/C26H28N6OS/c1-18-22-24(32-15-13-31(14-16-32)21-11-7-8-12-27-21)28-19(2)29-25(22)34-23(18)26(33)30(3)17-20-9-5-4-6-10-20/h4-12H,13-17H2,1-3H3. The van der Waals surface area contributed by atoms with Gasteiger partial charge in [0.2, 0.25) is 0 Å². The molecule has 5 rings (SSSR count). The van der Waals surface area contributed by atoms with Gasteiger partial charge in [-0.3, -0.25) is 4.79 Å². The summed E-state index contributed by atoms with van der Waals surface area (Å²) in [7, 11) is 1.85. The lowest BCUT2D eigenvalue weighted by Crippen LogP contribution is -2.47. The second-order valence-corrected chi connectivity index (χ2v) is 9.64. The molecule has 1 aliphatic heterocycles. The molecule has 174 valence electrons. The number of thiophene rings is 1. The second-order valence-electron chi connectivity index (χ2n) is 8.64. The highest BCUT2D eigenvalue weighted by Crippen LogP contribution is 2.36. The number of carbonyl (C=O) groups is 1. The van der Waals surface area contributed by atoms with Gasteiger partial charge in [0.15, 0.2) is 0 Å². The van der Waals surface area contributed by atoms with Crippen molar-refractivity contribution in [2.45, 2.75) is 20.4 Å². The van der Waals surface area contributed by atoms with Gasteiger partial charge < -0.3 is 14.7 Å². The fourth-order valence-corrected chi connectivity index (χ4v) is 5.66. The van der Waals surface area contributed by atoms with Crippen molar-refractivity contribution in [1.82, 2.24) is 19.9 Å². The number of rotatable bonds is 5. The number of piperazine rings is 1. The fraction of sp³-hybridized carbons (Fsp3) is 0.308. The zero-order valence-corrected chi connectivity index (χ0v) is 20.5. The molecular weight excluding hydrogens is 444 g/mol. The summed E-state index contributed by atoms with van der Waals surface area (Å²) in [5.74, 6) is 2.69. The molecule has 0 aliphatic carbocycles. The Hall–Kier alpha value is -3.52. The van der Waals surface area contributed by atoms with Crippen molar-refractivity contribution < 1.29 is 4.79 Å². The fourth-order valence-electron chi connectivity index (χ4n) is 4.44. The minimum absolute atomic E-state index is 0.0212. The molecule has 0 saturated carbocycles. The van der Waals surface area contributed by atoms with Crippen LogP contribution in [0.3, 0.4) is 0 Å². The van der Waals surface area contributed by atoms with Crippen molar-refractivity contribution in [3.05, 3.63) is 76.6 Å². The first kappa shape index (κ1) is 22.3. The van der Waals surface area contributed by atoms with Crippen LogP contribution in [0.2, 0.25) is 0 Å². The van der Waals surface area contributed by atoms with E-state index in [2.05, 4.69) is 20.9 Å². The molecule has 3 aromatic heterocycles. The predicted molar refractivity (Wildman–Crippen MR) is 138 cm³/mol. The Balaban J connectivity index is 1.41. The Morgan fingerprint density at radius 1 is 0.971 bits per heavy atom. The Morgan fingerprint density at radius 2 is 1.68 bits per heavy atom. The minimum Gasteiger partial charge on any atom is -0.353 e. The summed E-state index contributed by atoms with van der Waals surface area (Å²) in [6.45, 7) is 7.94. The van der Waals surface area contributed by atoms with Crippen LogP contribution in [-0.4, -0.2) is 59.0 Å². The number of nitrogens with zero attached hydrogens (tertiary/aromatic N) is 6. The van der Waals surface area contributed by atoms with Crippen molar-refractivity contribution in [2.24, 2.45) is 0 Å². The highest BCUT2D eigenvalue weighted by atomic mass is 32.1. The van der Waals surface area contributed by atoms with E-state index in [9.17, 15) is 4.79 Å². The van der Waals surface area contributed by atoms with Crippen molar-refractivity contribution in [3.63, 3.8) is 0 Å². The lowest BCUT2D eigenvalue weighted by atomic mass is 10.1. The monoisotopic (exact) mass is 472 g/mol. The molecule has 0 unspecified atom stereocenters. The van der Waals surface area contributed by atoms with Crippen molar-refractivity contribution in [1.29, 1.82) is 0 Å². The summed E-state index contributed by atoms with van der Waals surface area (Å²) in [6.07, 6.45) is 1.83. The molecule has 4 aromatic rings. The van der Waals surface area contributed by atoms with Gasteiger partial charge in [0.05, 0.1) is 10.3 Å². The smallest absolute Gasteiger partial charge is 0.264 e. The molecule has 1 amide bonds. The molecule has 0 radical (unpaired) electrons. The summed E-state index contributed by atoms with van der Waals surface area (Å²) in [5.41, 5.74) is 2.08. The Bertz CT molecular complexity index is 1300. The van der Waals surface area contributed by atoms with E-state index in [0.29, 0.717) is 6.54 Å². The van der Waals surface area contributed by atoms with Crippen LogP contribution < -0.4 is 9.80 Å².